The summed E-state index contributed by atoms with van der Waals surface area (Å²) in [7, 11) is 3.18. The Hall–Kier alpha value is -5.56. The fourth-order valence-electron chi connectivity index (χ4n) is 6.41. The zero-order valence-corrected chi connectivity index (χ0v) is 28.2. The maximum Gasteiger partial charge on any atom is 0.205 e. The van der Waals surface area contributed by atoms with Crippen molar-refractivity contribution in [3.63, 3.8) is 0 Å². The Balaban J connectivity index is 0.000000167. The van der Waals surface area contributed by atoms with Gasteiger partial charge in [-0.1, -0.05) is 24.3 Å². The second-order valence-corrected chi connectivity index (χ2v) is 11.8. The normalized spacial score (nSPS) is 21.4. The van der Waals surface area contributed by atoms with Crippen molar-refractivity contribution in [3.05, 3.63) is 105 Å². The highest BCUT2D eigenvalue weighted by Crippen LogP contribution is 2.45. The van der Waals surface area contributed by atoms with E-state index in [4.69, 9.17) is 39.9 Å². The molecular weight excluding hydrogens is 640 g/mol. The highest BCUT2D eigenvalue weighted by Gasteiger charge is 2.39. The third kappa shape index (κ3) is 7.84. The largest absolute Gasteiger partial charge is 0.497 e. The molecule has 50 heavy (non-hydrogen) atoms. The average molecular weight is 681 g/mol. The van der Waals surface area contributed by atoms with E-state index in [0.717, 1.165) is 61.9 Å². The van der Waals surface area contributed by atoms with E-state index in [1.807, 2.05) is 48.5 Å². The second-order valence-electron chi connectivity index (χ2n) is 11.8. The average Bonchev–Trinajstić information content (AvgIpc) is 3.15. The maximum absolute atomic E-state index is 12.4. The van der Waals surface area contributed by atoms with Crippen LogP contribution in [0.2, 0.25) is 0 Å². The predicted molar refractivity (Wildman–Crippen MR) is 181 cm³/mol. The van der Waals surface area contributed by atoms with Crippen LogP contribution >= 0.6 is 0 Å². The van der Waals surface area contributed by atoms with Crippen molar-refractivity contribution in [2.75, 3.05) is 40.6 Å². The lowest BCUT2D eigenvalue weighted by Crippen LogP contribution is -2.27. The van der Waals surface area contributed by atoms with E-state index in [0.29, 0.717) is 59.5 Å². The predicted octanol–water partition coefficient (Wildman–Crippen LogP) is 5.05. The van der Waals surface area contributed by atoms with Gasteiger partial charge in [-0.05, 0) is 48.2 Å². The minimum atomic E-state index is -0.451. The molecule has 7 rings (SSSR count). The van der Waals surface area contributed by atoms with Crippen molar-refractivity contribution in [3.8, 4) is 23.6 Å². The van der Waals surface area contributed by atoms with E-state index in [2.05, 4.69) is 12.1 Å². The van der Waals surface area contributed by atoms with Gasteiger partial charge < -0.3 is 39.9 Å². The number of hydrogen-bond acceptors (Lipinski definition) is 12. The van der Waals surface area contributed by atoms with Crippen molar-refractivity contribution in [1.82, 2.24) is 0 Å². The van der Waals surface area contributed by atoms with Crippen molar-refractivity contribution >= 4 is 11.6 Å². The van der Waals surface area contributed by atoms with Gasteiger partial charge in [0.1, 0.15) is 46.3 Å². The molecule has 4 N–H and O–H groups in total. The summed E-state index contributed by atoms with van der Waals surface area (Å²) in [5.74, 6) is 1.99. The molecule has 0 unspecified atom stereocenters. The summed E-state index contributed by atoms with van der Waals surface area (Å²) in [6.45, 7) is 3.11. The topological polar surface area (TPSA) is 189 Å². The first kappa shape index (κ1) is 35.7. The molecule has 2 aromatic carbocycles. The summed E-state index contributed by atoms with van der Waals surface area (Å²) in [4.78, 5) is 24.7. The molecule has 0 spiro atoms. The zero-order chi connectivity index (χ0) is 35.6. The van der Waals surface area contributed by atoms with Crippen molar-refractivity contribution in [2.24, 2.45) is 11.5 Å². The van der Waals surface area contributed by atoms with Crippen LogP contribution in [-0.4, -0.2) is 52.2 Å². The van der Waals surface area contributed by atoms with Gasteiger partial charge in [-0.15, -0.1) is 0 Å². The third-order valence-corrected chi connectivity index (χ3v) is 8.85. The Labute approximate surface area is 291 Å². The van der Waals surface area contributed by atoms with Crippen LogP contribution in [0.5, 0.6) is 11.5 Å². The zero-order valence-electron chi connectivity index (χ0n) is 28.2. The standard InChI is InChI=1S/2C17H16N2O3.C4H8O2/c2*1-21-11-7-5-10(6-8-11)15-12(9-18)17(19)22-14-4-2-3-13(20)16(14)15;1-2-6-4-3-5-1/h2*5-8,15H,2-4,19H2,1H3;1-4H2/t2*15-;/m10./s1. The van der Waals surface area contributed by atoms with Gasteiger partial charge in [0.05, 0.1) is 52.5 Å². The Morgan fingerprint density at radius 2 is 0.980 bits per heavy atom. The Kier molecular flexibility index (Phi) is 11.9. The molecule has 0 aromatic heterocycles. The van der Waals surface area contributed by atoms with Gasteiger partial charge >= 0.3 is 0 Å². The fraction of sp³-hybridized carbons (Fsp3) is 0.368. The summed E-state index contributed by atoms with van der Waals surface area (Å²) >= 11 is 0. The quantitative estimate of drug-likeness (QED) is 0.438. The molecule has 1 fully saturated rings. The molecule has 5 aliphatic rings. The van der Waals surface area contributed by atoms with Crippen LogP contribution in [0.1, 0.15) is 61.5 Å². The summed E-state index contributed by atoms with van der Waals surface area (Å²) in [5, 5.41) is 18.9. The smallest absolute Gasteiger partial charge is 0.205 e. The molecule has 1 saturated heterocycles. The van der Waals surface area contributed by atoms with Crippen molar-refractivity contribution in [2.45, 2.75) is 50.4 Å². The number of allylic oxidation sites excluding steroid dienone is 6. The molecule has 0 amide bonds. The Morgan fingerprint density at radius 3 is 1.28 bits per heavy atom. The summed E-state index contributed by atoms with van der Waals surface area (Å²) in [6, 6.07) is 18.8. The summed E-state index contributed by atoms with van der Waals surface area (Å²) in [5.41, 5.74) is 15.2. The number of nitrogens with zero attached hydrogens (tertiary/aromatic N) is 2. The number of carbonyl (C=O) groups excluding carboxylic acids is 2. The molecule has 12 heteroatoms. The first-order valence-corrected chi connectivity index (χ1v) is 16.4. The van der Waals surface area contributed by atoms with Crippen LogP contribution in [0.15, 0.2) is 94.1 Å². The molecule has 260 valence electrons. The molecule has 0 bridgehead atoms. The van der Waals surface area contributed by atoms with Gasteiger partial charge in [0.15, 0.2) is 11.6 Å². The van der Waals surface area contributed by atoms with Gasteiger partial charge in [-0.3, -0.25) is 9.59 Å². The molecule has 0 radical (unpaired) electrons. The Morgan fingerprint density at radius 1 is 0.620 bits per heavy atom. The Bertz CT molecular complexity index is 1670. The van der Waals surface area contributed by atoms with Crippen LogP contribution in [-0.2, 0) is 28.5 Å². The van der Waals surface area contributed by atoms with Crippen LogP contribution in [0, 0.1) is 22.7 Å². The molecule has 2 atom stereocenters. The lowest BCUT2D eigenvalue weighted by molar-refractivity contribution is -0.117. The second kappa shape index (κ2) is 16.7. The maximum atomic E-state index is 12.4. The van der Waals surface area contributed by atoms with Crippen molar-refractivity contribution in [1.29, 1.82) is 10.5 Å². The van der Waals surface area contributed by atoms with Crippen LogP contribution in [0.3, 0.4) is 0 Å². The molecule has 2 aliphatic carbocycles. The number of ketones is 2. The monoisotopic (exact) mass is 680 g/mol. The summed E-state index contributed by atoms with van der Waals surface area (Å²) < 4.78 is 31.3. The number of carbonyl (C=O) groups is 2. The number of hydrogen-bond donors (Lipinski definition) is 2. The number of Topliss-reactive ketones (excluding diaryl/α,β-unsaturated/α-hetero) is 2. The molecule has 0 saturated carbocycles. The molecule has 2 aromatic rings. The third-order valence-electron chi connectivity index (χ3n) is 8.85. The number of benzene rings is 2. The number of rotatable bonds is 4. The minimum absolute atomic E-state index is 0.0299. The number of nitrogens with two attached hydrogens (primary N) is 2. The van der Waals surface area contributed by atoms with E-state index in [1.165, 1.54) is 0 Å². The first-order chi connectivity index (χ1) is 24.3. The van der Waals surface area contributed by atoms with Crippen LogP contribution in [0.25, 0.3) is 0 Å². The van der Waals surface area contributed by atoms with E-state index >= 15 is 0 Å². The van der Waals surface area contributed by atoms with E-state index in [-0.39, 0.29) is 23.3 Å². The van der Waals surface area contributed by atoms with Crippen molar-refractivity contribution < 1.29 is 38.0 Å². The SMILES string of the molecule is C1COCCO1.COc1ccc([C@@H]2C(C#N)=C(N)OC3=C2C(=O)CCC3)cc1.COc1ccc([C@H]2C(C#N)=C(N)OC3=C2C(=O)CCC3)cc1. The van der Waals surface area contributed by atoms with Gasteiger partial charge in [-0.25, -0.2) is 0 Å². The lowest BCUT2D eigenvalue weighted by atomic mass is 9.77. The first-order valence-electron chi connectivity index (χ1n) is 16.4. The van der Waals surface area contributed by atoms with Crippen LogP contribution < -0.4 is 20.9 Å². The van der Waals surface area contributed by atoms with Gasteiger partial charge in [0, 0.05) is 36.8 Å². The summed E-state index contributed by atoms with van der Waals surface area (Å²) in [6.07, 6.45) is 3.81. The van der Waals surface area contributed by atoms with Gasteiger partial charge in [0.25, 0.3) is 0 Å². The minimum Gasteiger partial charge on any atom is -0.497 e. The molecule has 3 heterocycles. The van der Waals surface area contributed by atoms with Gasteiger partial charge in [-0.2, -0.15) is 10.5 Å². The number of methoxy groups -OCH3 is 2. The fourth-order valence-corrected chi connectivity index (χ4v) is 6.41. The van der Waals surface area contributed by atoms with E-state index in [1.54, 1.807) is 14.2 Å². The highest BCUT2D eigenvalue weighted by atomic mass is 16.6. The number of nitriles is 2. The van der Waals surface area contributed by atoms with Gasteiger partial charge in [0.2, 0.25) is 11.8 Å². The van der Waals surface area contributed by atoms with E-state index < -0.39 is 11.8 Å². The molecule has 12 nitrogen and oxygen atoms in total. The molecular formula is C38H40N4O8. The lowest BCUT2D eigenvalue weighted by Gasteiger charge is -2.31. The number of ether oxygens (including phenoxy) is 6. The van der Waals surface area contributed by atoms with E-state index in [9.17, 15) is 20.1 Å². The molecule has 3 aliphatic heterocycles. The highest BCUT2D eigenvalue weighted by molar-refractivity contribution is 6.00. The van der Waals surface area contributed by atoms with Crippen LogP contribution in [0.4, 0.5) is 0 Å².